The Morgan fingerprint density at radius 3 is 2.70 bits per heavy atom. The quantitative estimate of drug-likeness (QED) is 0.488. The molecule has 1 fully saturated rings. The Hall–Kier alpha value is -3.95. The van der Waals surface area contributed by atoms with Crippen molar-refractivity contribution in [3.8, 4) is 11.6 Å². The van der Waals surface area contributed by atoms with Crippen molar-refractivity contribution in [1.29, 1.82) is 0 Å². The molecule has 0 unspecified atom stereocenters. The molecule has 0 atom stereocenters. The SMILES string of the molecule is O=C(CCn1cnc2ccccc2c1=O)N1CC(c2nc(-c3ncccn3)no2)C1. The summed E-state index contributed by atoms with van der Waals surface area (Å²) in [6.07, 6.45) is 4.93. The van der Waals surface area contributed by atoms with E-state index < -0.39 is 0 Å². The Morgan fingerprint density at radius 1 is 1.07 bits per heavy atom. The summed E-state index contributed by atoms with van der Waals surface area (Å²) in [7, 11) is 0. The molecule has 1 saturated heterocycles. The smallest absolute Gasteiger partial charge is 0.261 e. The molecule has 5 rings (SSSR count). The number of fused-ring (bicyclic) bond motifs is 1. The Bertz CT molecular complexity index is 1260. The molecule has 150 valence electrons. The van der Waals surface area contributed by atoms with Gasteiger partial charge in [-0.05, 0) is 18.2 Å². The van der Waals surface area contributed by atoms with Gasteiger partial charge in [0.2, 0.25) is 23.4 Å². The molecule has 4 heterocycles. The fraction of sp³-hybridized carbons (Fsp3) is 0.250. The summed E-state index contributed by atoms with van der Waals surface area (Å²) in [4.78, 5) is 43.5. The first-order valence-corrected chi connectivity index (χ1v) is 9.52. The molecular weight excluding hydrogens is 386 g/mol. The third kappa shape index (κ3) is 3.32. The van der Waals surface area contributed by atoms with Crippen molar-refractivity contribution in [2.75, 3.05) is 13.1 Å². The Balaban J connectivity index is 1.18. The third-order valence-electron chi connectivity index (χ3n) is 5.09. The fourth-order valence-corrected chi connectivity index (χ4v) is 3.38. The highest BCUT2D eigenvalue weighted by Gasteiger charge is 2.35. The molecule has 10 heteroatoms. The van der Waals surface area contributed by atoms with Gasteiger partial charge in [0, 0.05) is 38.4 Å². The van der Waals surface area contributed by atoms with Gasteiger partial charge in [-0.3, -0.25) is 14.2 Å². The molecule has 0 aliphatic carbocycles. The molecule has 0 radical (unpaired) electrons. The molecule has 30 heavy (non-hydrogen) atoms. The lowest BCUT2D eigenvalue weighted by atomic mass is 9.99. The van der Waals surface area contributed by atoms with Gasteiger partial charge in [0.1, 0.15) is 0 Å². The molecule has 0 spiro atoms. The van der Waals surface area contributed by atoms with Crippen molar-refractivity contribution in [2.24, 2.45) is 0 Å². The van der Waals surface area contributed by atoms with E-state index in [1.54, 1.807) is 41.6 Å². The van der Waals surface area contributed by atoms with E-state index in [1.165, 1.54) is 10.9 Å². The molecule has 10 nitrogen and oxygen atoms in total. The number of likely N-dealkylation sites (tertiary alicyclic amines) is 1. The van der Waals surface area contributed by atoms with E-state index in [0.717, 1.165) is 0 Å². The van der Waals surface area contributed by atoms with Gasteiger partial charge in [-0.2, -0.15) is 4.98 Å². The topological polar surface area (TPSA) is 120 Å². The zero-order chi connectivity index (χ0) is 20.5. The number of para-hydroxylation sites is 1. The molecule has 1 aliphatic heterocycles. The van der Waals surface area contributed by atoms with Gasteiger partial charge < -0.3 is 9.42 Å². The molecule has 1 amide bonds. The van der Waals surface area contributed by atoms with Crippen molar-refractivity contribution in [2.45, 2.75) is 18.9 Å². The summed E-state index contributed by atoms with van der Waals surface area (Å²) >= 11 is 0. The van der Waals surface area contributed by atoms with Crippen LogP contribution in [0.3, 0.4) is 0 Å². The van der Waals surface area contributed by atoms with E-state index in [9.17, 15) is 9.59 Å². The van der Waals surface area contributed by atoms with Gasteiger partial charge in [0.25, 0.3) is 5.56 Å². The van der Waals surface area contributed by atoms with Crippen LogP contribution in [0.2, 0.25) is 0 Å². The maximum absolute atomic E-state index is 12.5. The van der Waals surface area contributed by atoms with Gasteiger partial charge in [-0.15, -0.1) is 0 Å². The van der Waals surface area contributed by atoms with Crippen LogP contribution >= 0.6 is 0 Å². The number of nitrogens with zero attached hydrogens (tertiary/aromatic N) is 7. The Labute approximate surface area is 170 Å². The molecule has 0 N–H and O–H groups in total. The second kappa shape index (κ2) is 7.47. The molecule has 0 saturated carbocycles. The molecule has 1 aliphatic rings. The van der Waals surface area contributed by atoms with Gasteiger partial charge in [-0.25, -0.2) is 15.0 Å². The number of aromatic nitrogens is 6. The number of hydrogen-bond acceptors (Lipinski definition) is 8. The van der Waals surface area contributed by atoms with Gasteiger partial charge in [0.05, 0.1) is 23.1 Å². The zero-order valence-electron chi connectivity index (χ0n) is 15.9. The van der Waals surface area contributed by atoms with Crippen molar-refractivity contribution < 1.29 is 9.32 Å². The highest BCUT2D eigenvalue weighted by molar-refractivity contribution is 5.78. The summed E-state index contributed by atoms with van der Waals surface area (Å²) in [6, 6.07) is 8.87. The van der Waals surface area contributed by atoms with Crippen LogP contribution in [0, 0.1) is 0 Å². The number of carbonyl (C=O) groups excluding carboxylic acids is 1. The Kier molecular flexibility index (Phi) is 4.51. The van der Waals surface area contributed by atoms with Crippen molar-refractivity contribution in [3.05, 3.63) is 65.3 Å². The minimum Gasteiger partial charge on any atom is -0.341 e. The number of carbonyl (C=O) groups is 1. The number of amides is 1. The van der Waals surface area contributed by atoms with Gasteiger partial charge >= 0.3 is 0 Å². The maximum atomic E-state index is 12.5. The molecule has 0 bridgehead atoms. The van der Waals surface area contributed by atoms with E-state index >= 15 is 0 Å². The number of aryl methyl sites for hydroxylation is 1. The van der Waals surface area contributed by atoms with Crippen LogP contribution in [0.5, 0.6) is 0 Å². The first-order valence-electron chi connectivity index (χ1n) is 9.52. The van der Waals surface area contributed by atoms with Crippen molar-refractivity contribution in [3.63, 3.8) is 0 Å². The summed E-state index contributed by atoms with van der Waals surface area (Å²) in [5.74, 6) is 1.16. The average Bonchev–Trinajstić information content (AvgIpc) is 3.23. The summed E-state index contributed by atoms with van der Waals surface area (Å²) in [6.45, 7) is 1.29. The Morgan fingerprint density at radius 2 is 1.87 bits per heavy atom. The molecular formula is C20H17N7O3. The largest absolute Gasteiger partial charge is 0.341 e. The maximum Gasteiger partial charge on any atom is 0.261 e. The van der Waals surface area contributed by atoms with Crippen LogP contribution in [0.15, 0.2) is 58.4 Å². The van der Waals surface area contributed by atoms with E-state index in [-0.39, 0.29) is 30.3 Å². The molecule has 3 aromatic heterocycles. The minimum atomic E-state index is -0.142. The van der Waals surface area contributed by atoms with E-state index in [1.807, 2.05) is 6.07 Å². The monoisotopic (exact) mass is 403 g/mol. The second-order valence-corrected chi connectivity index (χ2v) is 7.03. The normalized spacial score (nSPS) is 14.1. The third-order valence-corrected chi connectivity index (χ3v) is 5.09. The predicted octanol–water partition coefficient (Wildman–Crippen LogP) is 1.25. The lowest BCUT2D eigenvalue weighted by molar-refractivity contribution is -0.136. The van der Waals surface area contributed by atoms with E-state index in [0.29, 0.717) is 41.5 Å². The summed E-state index contributed by atoms with van der Waals surface area (Å²) in [5, 5.41) is 4.46. The standard InChI is InChI=1S/C20H17N7O3/c28-16(6-9-26-12-23-15-5-2-1-4-14(15)20(26)29)27-10-13(11-27)19-24-18(25-30-19)17-21-7-3-8-22-17/h1-5,7-8,12-13H,6,9-11H2. The van der Waals surface area contributed by atoms with Crippen molar-refractivity contribution >= 4 is 16.8 Å². The lowest BCUT2D eigenvalue weighted by Crippen LogP contribution is -2.48. The average molecular weight is 403 g/mol. The first kappa shape index (κ1) is 18.1. The summed E-state index contributed by atoms with van der Waals surface area (Å²) < 4.78 is 6.78. The van der Waals surface area contributed by atoms with Gasteiger partial charge in [-0.1, -0.05) is 17.3 Å². The van der Waals surface area contributed by atoms with E-state index in [2.05, 4.69) is 25.1 Å². The van der Waals surface area contributed by atoms with Crippen LogP contribution in [0.1, 0.15) is 18.2 Å². The second-order valence-electron chi connectivity index (χ2n) is 7.03. The lowest BCUT2D eigenvalue weighted by Gasteiger charge is -2.37. The minimum absolute atomic E-state index is 0.0102. The van der Waals surface area contributed by atoms with Crippen LogP contribution in [-0.4, -0.2) is 53.6 Å². The first-order chi connectivity index (χ1) is 14.7. The van der Waals surface area contributed by atoms with Gasteiger partial charge in [0.15, 0.2) is 0 Å². The highest BCUT2D eigenvalue weighted by Crippen LogP contribution is 2.27. The van der Waals surface area contributed by atoms with E-state index in [4.69, 9.17) is 4.52 Å². The molecule has 1 aromatic carbocycles. The molecule has 4 aromatic rings. The number of benzene rings is 1. The van der Waals surface area contributed by atoms with Crippen LogP contribution in [-0.2, 0) is 11.3 Å². The number of hydrogen-bond donors (Lipinski definition) is 0. The number of rotatable bonds is 5. The van der Waals surface area contributed by atoms with Crippen LogP contribution < -0.4 is 5.56 Å². The predicted molar refractivity (Wildman–Crippen MR) is 105 cm³/mol. The fourth-order valence-electron chi connectivity index (χ4n) is 3.38. The van der Waals surface area contributed by atoms with Crippen LogP contribution in [0.4, 0.5) is 0 Å². The highest BCUT2D eigenvalue weighted by atomic mass is 16.5. The van der Waals surface area contributed by atoms with Crippen LogP contribution in [0.25, 0.3) is 22.6 Å². The zero-order valence-corrected chi connectivity index (χ0v) is 15.9. The van der Waals surface area contributed by atoms with Crippen molar-refractivity contribution in [1.82, 2.24) is 34.6 Å². The summed E-state index contributed by atoms with van der Waals surface area (Å²) in [5.41, 5.74) is 0.506.